The quantitative estimate of drug-likeness (QED) is 0.624. The molecule has 0 bridgehead atoms. The molecule has 108 valence electrons. The predicted molar refractivity (Wildman–Crippen MR) is 71.8 cm³/mol. The molecule has 1 aliphatic heterocycles. The molecule has 0 radical (unpaired) electrons. The molecule has 1 unspecified atom stereocenters. The first-order valence-corrected chi connectivity index (χ1v) is 7.65. The third-order valence-corrected chi connectivity index (χ3v) is 4.07. The minimum absolute atomic E-state index is 0.00650. The van der Waals surface area contributed by atoms with Crippen molar-refractivity contribution in [3.63, 3.8) is 0 Å². The van der Waals surface area contributed by atoms with Crippen molar-refractivity contribution in [2.45, 2.75) is 13.3 Å². The lowest BCUT2D eigenvalue weighted by molar-refractivity contribution is -0.117. The molecule has 20 heavy (non-hydrogen) atoms. The standard InChI is InChI=1S/C13H14FNO4S/c1-9(16)11-3-2-4-12(6-11)15-7-10(5-13(15)17)8-20(14,18)19/h2-4,6,10H,5,7-8H2,1H3. The van der Waals surface area contributed by atoms with Crippen molar-refractivity contribution in [1.29, 1.82) is 0 Å². The molecule has 1 saturated heterocycles. The van der Waals surface area contributed by atoms with Crippen LogP contribution >= 0.6 is 0 Å². The van der Waals surface area contributed by atoms with Crippen LogP contribution in [0.3, 0.4) is 0 Å². The first-order valence-electron chi connectivity index (χ1n) is 6.10. The van der Waals surface area contributed by atoms with Crippen molar-refractivity contribution in [2.75, 3.05) is 17.2 Å². The highest BCUT2D eigenvalue weighted by molar-refractivity contribution is 7.86. The Bertz CT molecular complexity index is 656. The molecule has 0 spiro atoms. The van der Waals surface area contributed by atoms with Crippen LogP contribution < -0.4 is 4.90 Å². The molecule has 1 amide bonds. The van der Waals surface area contributed by atoms with Gasteiger partial charge in [0.2, 0.25) is 5.91 Å². The minimum Gasteiger partial charge on any atom is -0.312 e. The molecule has 2 rings (SSSR count). The molecule has 1 aromatic carbocycles. The zero-order valence-electron chi connectivity index (χ0n) is 10.9. The van der Waals surface area contributed by atoms with Gasteiger partial charge in [-0.25, -0.2) is 0 Å². The molecule has 1 fully saturated rings. The summed E-state index contributed by atoms with van der Waals surface area (Å²) in [6.45, 7) is 1.56. The molecule has 1 aromatic rings. The highest BCUT2D eigenvalue weighted by Crippen LogP contribution is 2.27. The molecule has 0 N–H and O–H groups in total. The van der Waals surface area contributed by atoms with Crippen molar-refractivity contribution in [3.8, 4) is 0 Å². The maximum atomic E-state index is 12.7. The van der Waals surface area contributed by atoms with Crippen LogP contribution in [0.15, 0.2) is 24.3 Å². The fourth-order valence-corrected chi connectivity index (χ4v) is 3.10. The van der Waals surface area contributed by atoms with Crippen LogP contribution in [0.4, 0.5) is 9.57 Å². The summed E-state index contributed by atoms with van der Waals surface area (Å²) in [7, 11) is -4.59. The van der Waals surface area contributed by atoms with Gasteiger partial charge in [-0.3, -0.25) is 9.59 Å². The Morgan fingerprint density at radius 3 is 2.75 bits per heavy atom. The number of ketones is 1. The fraction of sp³-hybridized carbons (Fsp3) is 0.385. The topological polar surface area (TPSA) is 71.5 Å². The summed E-state index contributed by atoms with van der Waals surface area (Å²) >= 11 is 0. The van der Waals surface area contributed by atoms with E-state index in [-0.39, 0.29) is 24.7 Å². The number of rotatable bonds is 4. The zero-order valence-corrected chi connectivity index (χ0v) is 11.7. The highest BCUT2D eigenvalue weighted by Gasteiger charge is 2.33. The number of carbonyl (C=O) groups is 2. The number of hydrogen-bond acceptors (Lipinski definition) is 4. The molecule has 1 heterocycles. The van der Waals surface area contributed by atoms with E-state index in [0.29, 0.717) is 11.3 Å². The molecule has 0 saturated carbocycles. The van der Waals surface area contributed by atoms with E-state index in [4.69, 9.17) is 0 Å². The van der Waals surface area contributed by atoms with Gasteiger partial charge in [-0.05, 0) is 19.1 Å². The van der Waals surface area contributed by atoms with Crippen molar-refractivity contribution < 1.29 is 21.9 Å². The van der Waals surface area contributed by atoms with E-state index in [9.17, 15) is 21.9 Å². The first-order chi connectivity index (χ1) is 9.26. The van der Waals surface area contributed by atoms with Gasteiger partial charge in [0.25, 0.3) is 0 Å². The van der Waals surface area contributed by atoms with Crippen LogP contribution in [-0.4, -0.2) is 32.4 Å². The smallest absolute Gasteiger partial charge is 0.302 e. The Hall–Kier alpha value is -1.76. The summed E-state index contributed by atoms with van der Waals surface area (Å²) < 4.78 is 33.9. The molecular formula is C13H14FNO4S. The average molecular weight is 299 g/mol. The molecule has 7 heteroatoms. The largest absolute Gasteiger partial charge is 0.312 e. The third-order valence-electron chi connectivity index (χ3n) is 3.20. The maximum absolute atomic E-state index is 12.7. The molecular weight excluding hydrogens is 285 g/mol. The normalized spacial score (nSPS) is 19.4. The lowest BCUT2D eigenvalue weighted by Crippen LogP contribution is -2.25. The van der Waals surface area contributed by atoms with Crippen molar-refractivity contribution in [1.82, 2.24) is 0 Å². The highest BCUT2D eigenvalue weighted by atomic mass is 32.3. The van der Waals surface area contributed by atoms with Crippen molar-refractivity contribution in [2.24, 2.45) is 5.92 Å². The summed E-state index contributed by atoms with van der Waals surface area (Å²) in [5.74, 6) is -1.60. The van der Waals surface area contributed by atoms with Crippen molar-refractivity contribution >= 4 is 27.6 Å². The minimum atomic E-state index is -4.59. The van der Waals surface area contributed by atoms with Gasteiger partial charge >= 0.3 is 10.2 Å². The Kier molecular flexibility index (Phi) is 3.89. The average Bonchev–Trinajstić information content (AvgIpc) is 2.68. The van der Waals surface area contributed by atoms with Crippen LogP contribution in [0.2, 0.25) is 0 Å². The monoisotopic (exact) mass is 299 g/mol. The number of Topliss-reactive ketones (excluding diaryl/α,β-unsaturated/α-hetero) is 1. The fourth-order valence-electron chi connectivity index (χ4n) is 2.32. The second-order valence-corrected chi connectivity index (χ2v) is 6.30. The van der Waals surface area contributed by atoms with E-state index in [1.807, 2.05) is 0 Å². The number of amides is 1. The molecule has 1 aliphatic rings. The van der Waals surface area contributed by atoms with Crippen molar-refractivity contribution in [3.05, 3.63) is 29.8 Å². The van der Waals surface area contributed by atoms with Crippen LogP contribution in [-0.2, 0) is 15.0 Å². The van der Waals surface area contributed by atoms with E-state index >= 15 is 0 Å². The number of carbonyl (C=O) groups excluding carboxylic acids is 2. The van der Waals surface area contributed by atoms with E-state index in [0.717, 1.165) is 0 Å². The maximum Gasteiger partial charge on any atom is 0.302 e. The van der Waals surface area contributed by atoms with Crippen LogP contribution in [0.1, 0.15) is 23.7 Å². The Labute approximate surface area is 116 Å². The van der Waals surface area contributed by atoms with Crippen LogP contribution in [0.25, 0.3) is 0 Å². The van der Waals surface area contributed by atoms with Gasteiger partial charge < -0.3 is 4.90 Å². The number of halogens is 1. The summed E-state index contributed by atoms with van der Waals surface area (Å²) in [4.78, 5) is 24.6. The number of benzene rings is 1. The molecule has 5 nitrogen and oxygen atoms in total. The van der Waals surface area contributed by atoms with Gasteiger partial charge in [0.05, 0.1) is 5.75 Å². The second-order valence-electron chi connectivity index (χ2n) is 4.89. The van der Waals surface area contributed by atoms with E-state index in [2.05, 4.69) is 0 Å². The van der Waals surface area contributed by atoms with Gasteiger partial charge in [0.1, 0.15) is 0 Å². The summed E-state index contributed by atoms with van der Waals surface area (Å²) in [5.41, 5.74) is 0.998. The van der Waals surface area contributed by atoms with Crippen LogP contribution in [0, 0.1) is 5.92 Å². The molecule has 0 aromatic heterocycles. The predicted octanol–water partition coefficient (Wildman–Crippen LogP) is 1.54. The summed E-state index contributed by atoms with van der Waals surface area (Å²) in [6, 6.07) is 6.53. The third kappa shape index (κ3) is 3.41. The van der Waals surface area contributed by atoms with Gasteiger partial charge in [-0.15, -0.1) is 3.89 Å². The van der Waals surface area contributed by atoms with Gasteiger partial charge in [0.15, 0.2) is 5.78 Å². The van der Waals surface area contributed by atoms with Gasteiger partial charge in [0, 0.05) is 30.1 Å². The van der Waals surface area contributed by atoms with E-state index < -0.39 is 21.9 Å². The zero-order chi connectivity index (χ0) is 14.9. The lowest BCUT2D eigenvalue weighted by Gasteiger charge is -2.17. The van der Waals surface area contributed by atoms with Gasteiger partial charge in [-0.1, -0.05) is 12.1 Å². The SMILES string of the molecule is CC(=O)c1cccc(N2CC(CS(=O)(=O)F)CC2=O)c1. The molecule has 1 atom stereocenters. The first kappa shape index (κ1) is 14.6. The molecule has 0 aliphatic carbocycles. The Morgan fingerprint density at radius 2 is 2.15 bits per heavy atom. The summed E-state index contributed by atoms with van der Waals surface area (Å²) in [6.07, 6.45) is -0.00650. The Balaban J connectivity index is 2.20. The van der Waals surface area contributed by atoms with Gasteiger partial charge in [-0.2, -0.15) is 8.42 Å². The van der Waals surface area contributed by atoms with E-state index in [1.54, 1.807) is 24.3 Å². The number of hydrogen-bond donors (Lipinski definition) is 0. The summed E-state index contributed by atoms with van der Waals surface area (Å²) in [5, 5.41) is 0. The van der Waals surface area contributed by atoms with E-state index in [1.165, 1.54) is 11.8 Å². The second kappa shape index (κ2) is 5.32. The number of anilines is 1. The number of nitrogens with zero attached hydrogens (tertiary/aromatic N) is 1. The van der Waals surface area contributed by atoms with Crippen LogP contribution in [0.5, 0.6) is 0 Å². The lowest BCUT2D eigenvalue weighted by atomic mass is 10.1. The Morgan fingerprint density at radius 1 is 1.45 bits per heavy atom.